The second-order valence-electron chi connectivity index (χ2n) is 4.72. The Balaban J connectivity index is 2.41. The van der Waals surface area contributed by atoms with Gasteiger partial charge in [0.15, 0.2) is 15.1 Å². The van der Waals surface area contributed by atoms with Crippen LogP contribution in [0.1, 0.15) is 19.3 Å². The topological polar surface area (TPSA) is 90.4 Å². The maximum Gasteiger partial charge on any atom is 0.324 e. The zero-order chi connectivity index (χ0) is 14.8. The highest BCUT2D eigenvalue weighted by Gasteiger charge is 2.44. The van der Waals surface area contributed by atoms with E-state index in [1.807, 2.05) is 0 Å². The summed E-state index contributed by atoms with van der Waals surface area (Å²) in [6, 6.07) is 2.87. The van der Waals surface area contributed by atoms with E-state index in [9.17, 15) is 18.0 Å². The van der Waals surface area contributed by atoms with Crippen molar-refractivity contribution in [2.75, 3.05) is 7.11 Å². The van der Waals surface area contributed by atoms with Gasteiger partial charge in [-0.3, -0.25) is 14.6 Å². The van der Waals surface area contributed by atoms with Gasteiger partial charge in [-0.05, 0) is 24.5 Å². The third-order valence-electron chi connectivity index (χ3n) is 3.44. The number of ether oxygens (including phenoxy) is 1. The molecular formula is C13H15NO5S. The maximum absolute atomic E-state index is 12.6. The van der Waals surface area contributed by atoms with E-state index in [1.165, 1.54) is 24.5 Å². The van der Waals surface area contributed by atoms with Gasteiger partial charge in [0.25, 0.3) is 0 Å². The Kier molecular flexibility index (Phi) is 4.17. The normalized spacial score (nSPS) is 20.6. The quantitative estimate of drug-likeness (QED) is 0.762. The predicted molar refractivity (Wildman–Crippen MR) is 69.6 cm³/mol. The Labute approximate surface area is 117 Å². The number of nitrogens with zero attached hydrogens (tertiary/aromatic N) is 1. The summed E-state index contributed by atoms with van der Waals surface area (Å²) in [6.07, 6.45) is 3.44. The van der Waals surface area contributed by atoms with Gasteiger partial charge in [0.2, 0.25) is 0 Å². The van der Waals surface area contributed by atoms with Crippen LogP contribution >= 0.6 is 0 Å². The number of carbonyl (C=O) groups is 2. The summed E-state index contributed by atoms with van der Waals surface area (Å²) in [5, 5.41) is -1.34. The Morgan fingerprint density at radius 3 is 2.75 bits per heavy atom. The van der Waals surface area contributed by atoms with Crippen molar-refractivity contribution in [3.8, 4) is 0 Å². The first-order chi connectivity index (χ1) is 9.46. The molecule has 2 unspecified atom stereocenters. The fraction of sp³-hybridized carbons (Fsp3) is 0.462. The molecule has 20 heavy (non-hydrogen) atoms. The largest absolute Gasteiger partial charge is 0.468 e. The molecule has 0 aromatic carbocycles. The monoisotopic (exact) mass is 297 g/mol. The molecule has 0 spiro atoms. The first-order valence-corrected chi connectivity index (χ1v) is 7.75. The lowest BCUT2D eigenvalue weighted by Gasteiger charge is -2.20. The van der Waals surface area contributed by atoms with Crippen molar-refractivity contribution >= 4 is 21.6 Å². The molecule has 0 saturated heterocycles. The molecule has 108 valence electrons. The lowest BCUT2D eigenvalue weighted by atomic mass is 10.0. The Morgan fingerprint density at radius 2 is 2.25 bits per heavy atom. The van der Waals surface area contributed by atoms with Crippen LogP contribution in [0.15, 0.2) is 29.4 Å². The molecule has 0 N–H and O–H groups in total. The zero-order valence-electron chi connectivity index (χ0n) is 11.0. The van der Waals surface area contributed by atoms with E-state index in [-0.39, 0.29) is 17.1 Å². The summed E-state index contributed by atoms with van der Waals surface area (Å²) in [4.78, 5) is 27.0. The lowest BCUT2D eigenvalue weighted by molar-refractivity contribution is -0.141. The number of rotatable bonds is 4. The molecule has 2 rings (SSSR count). The van der Waals surface area contributed by atoms with E-state index in [0.29, 0.717) is 12.8 Å². The van der Waals surface area contributed by atoms with E-state index in [4.69, 9.17) is 0 Å². The van der Waals surface area contributed by atoms with Gasteiger partial charge in [0.05, 0.1) is 12.0 Å². The fourth-order valence-corrected chi connectivity index (χ4v) is 4.31. The Bertz CT molecular complexity index is 611. The minimum atomic E-state index is -3.91. The van der Waals surface area contributed by atoms with Crippen LogP contribution in [0.5, 0.6) is 0 Å². The van der Waals surface area contributed by atoms with Crippen LogP contribution in [0.2, 0.25) is 0 Å². The first-order valence-electron chi connectivity index (χ1n) is 6.20. The number of ketones is 1. The molecule has 0 amide bonds. The van der Waals surface area contributed by atoms with Crippen molar-refractivity contribution < 1.29 is 22.7 Å². The van der Waals surface area contributed by atoms with Crippen molar-refractivity contribution in [2.45, 2.75) is 29.4 Å². The van der Waals surface area contributed by atoms with Gasteiger partial charge in [-0.1, -0.05) is 0 Å². The SMILES string of the molecule is COC(=O)C(C1CCC(=O)C1)S(=O)(=O)c1cccnc1. The van der Waals surface area contributed by atoms with Crippen LogP contribution in [0.3, 0.4) is 0 Å². The number of sulfone groups is 1. The van der Waals surface area contributed by atoms with Crippen LogP contribution in [0.4, 0.5) is 0 Å². The summed E-state index contributed by atoms with van der Waals surface area (Å²) in [5.41, 5.74) is 0. The van der Waals surface area contributed by atoms with E-state index >= 15 is 0 Å². The van der Waals surface area contributed by atoms with Crippen LogP contribution in [0, 0.1) is 5.92 Å². The lowest BCUT2D eigenvalue weighted by Crippen LogP contribution is -2.37. The van der Waals surface area contributed by atoms with Crippen molar-refractivity contribution in [1.29, 1.82) is 0 Å². The maximum atomic E-state index is 12.6. The minimum absolute atomic E-state index is 0.0229. The second-order valence-corrected chi connectivity index (χ2v) is 6.79. The number of Topliss-reactive ketones (excluding diaryl/α,β-unsaturated/α-hetero) is 1. The number of hydrogen-bond acceptors (Lipinski definition) is 6. The van der Waals surface area contributed by atoms with Gasteiger partial charge in [-0.25, -0.2) is 8.42 Å². The average Bonchev–Trinajstić information content (AvgIpc) is 2.85. The average molecular weight is 297 g/mol. The molecule has 0 radical (unpaired) electrons. The highest BCUT2D eigenvalue weighted by molar-refractivity contribution is 7.92. The van der Waals surface area contributed by atoms with E-state index < -0.39 is 27.0 Å². The summed E-state index contributed by atoms with van der Waals surface area (Å²) < 4.78 is 29.8. The van der Waals surface area contributed by atoms with E-state index in [0.717, 1.165) is 7.11 Å². The van der Waals surface area contributed by atoms with Crippen LogP contribution in [0.25, 0.3) is 0 Å². The third kappa shape index (κ3) is 2.72. The molecule has 7 heteroatoms. The first kappa shape index (κ1) is 14.6. The molecule has 6 nitrogen and oxygen atoms in total. The molecule has 1 saturated carbocycles. The molecule has 1 heterocycles. The van der Waals surface area contributed by atoms with Crippen molar-refractivity contribution in [1.82, 2.24) is 4.98 Å². The molecule has 1 aromatic rings. The van der Waals surface area contributed by atoms with Crippen molar-refractivity contribution in [3.05, 3.63) is 24.5 Å². The summed E-state index contributed by atoms with van der Waals surface area (Å²) in [6.45, 7) is 0. The van der Waals surface area contributed by atoms with Gasteiger partial charge in [-0.15, -0.1) is 0 Å². The van der Waals surface area contributed by atoms with Gasteiger partial charge in [0.1, 0.15) is 5.78 Å². The van der Waals surface area contributed by atoms with Gasteiger partial charge < -0.3 is 4.74 Å². The number of esters is 1. The van der Waals surface area contributed by atoms with Crippen molar-refractivity contribution in [3.63, 3.8) is 0 Å². The number of aromatic nitrogens is 1. The minimum Gasteiger partial charge on any atom is -0.468 e. The number of pyridine rings is 1. The highest BCUT2D eigenvalue weighted by Crippen LogP contribution is 2.32. The fourth-order valence-electron chi connectivity index (χ4n) is 2.45. The van der Waals surface area contributed by atoms with Crippen LogP contribution in [-0.2, 0) is 24.2 Å². The predicted octanol–water partition coefficient (Wildman–Crippen LogP) is 0.766. The third-order valence-corrected chi connectivity index (χ3v) is 5.59. The van der Waals surface area contributed by atoms with Crippen LogP contribution in [-0.4, -0.2) is 37.5 Å². The summed E-state index contributed by atoms with van der Waals surface area (Å²) in [7, 11) is -2.76. The summed E-state index contributed by atoms with van der Waals surface area (Å²) >= 11 is 0. The Hall–Kier alpha value is -1.76. The molecule has 2 atom stereocenters. The van der Waals surface area contributed by atoms with E-state index in [2.05, 4.69) is 9.72 Å². The molecule has 1 aromatic heterocycles. The smallest absolute Gasteiger partial charge is 0.324 e. The number of methoxy groups -OCH3 is 1. The van der Waals surface area contributed by atoms with Crippen molar-refractivity contribution in [2.24, 2.45) is 5.92 Å². The number of carbonyl (C=O) groups excluding carboxylic acids is 2. The molecule has 0 aliphatic heterocycles. The summed E-state index contributed by atoms with van der Waals surface area (Å²) in [5.74, 6) is -1.38. The highest BCUT2D eigenvalue weighted by atomic mass is 32.2. The zero-order valence-corrected chi connectivity index (χ0v) is 11.8. The van der Waals surface area contributed by atoms with Gasteiger partial charge in [-0.2, -0.15) is 0 Å². The van der Waals surface area contributed by atoms with E-state index in [1.54, 1.807) is 0 Å². The second kappa shape index (κ2) is 5.70. The van der Waals surface area contributed by atoms with Crippen LogP contribution < -0.4 is 0 Å². The molecule has 1 fully saturated rings. The molecular weight excluding hydrogens is 282 g/mol. The van der Waals surface area contributed by atoms with Gasteiger partial charge >= 0.3 is 5.97 Å². The Morgan fingerprint density at radius 1 is 1.50 bits per heavy atom. The standard InChI is InChI=1S/C13H15NO5S/c1-19-13(16)12(9-4-5-10(15)7-9)20(17,18)11-3-2-6-14-8-11/h2-3,6,8-9,12H,4-5,7H2,1H3. The molecule has 1 aliphatic carbocycles. The number of hydrogen-bond donors (Lipinski definition) is 0. The molecule has 1 aliphatic rings. The van der Waals surface area contributed by atoms with Gasteiger partial charge in [0, 0.05) is 25.2 Å². The molecule has 0 bridgehead atoms.